The van der Waals surface area contributed by atoms with Crippen molar-refractivity contribution in [3.63, 3.8) is 0 Å². The maximum Gasteiger partial charge on any atom is 0.275 e. The third-order valence-corrected chi connectivity index (χ3v) is 3.85. The topological polar surface area (TPSA) is 86.8 Å². The predicted molar refractivity (Wildman–Crippen MR) is 75.7 cm³/mol. The molecule has 0 aromatic heterocycles. The molecule has 1 atom stereocenters. The lowest BCUT2D eigenvalue weighted by Gasteiger charge is -2.34. The number of hydrogen-bond acceptors (Lipinski definition) is 5. The van der Waals surface area contributed by atoms with Crippen LogP contribution in [0.3, 0.4) is 0 Å². The van der Waals surface area contributed by atoms with E-state index < -0.39 is 4.92 Å². The van der Waals surface area contributed by atoms with Crippen LogP contribution in [0.2, 0.25) is 0 Å². The normalized spacial score (nSPS) is 19.1. The van der Waals surface area contributed by atoms with Crippen molar-refractivity contribution in [2.75, 3.05) is 24.6 Å². The lowest BCUT2D eigenvalue weighted by molar-refractivity contribution is -0.385. The van der Waals surface area contributed by atoms with E-state index in [4.69, 9.17) is 5.11 Å². The number of aliphatic hydroxyl groups excluding tert-OH is 2. The van der Waals surface area contributed by atoms with Crippen molar-refractivity contribution in [1.82, 2.24) is 0 Å². The maximum absolute atomic E-state index is 10.9. The summed E-state index contributed by atoms with van der Waals surface area (Å²) in [4.78, 5) is 12.6. The van der Waals surface area contributed by atoms with E-state index in [-0.39, 0.29) is 18.9 Å². The molecule has 1 fully saturated rings. The predicted octanol–water partition coefficient (Wildman–Crippen LogP) is 1.69. The van der Waals surface area contributed by atoms with Crippen LogP contribution in [0.1, 0.15) is 24.8 Å². The van der Waals surface area contributed by atoms with Crippen molar-refractivity contribution in [1.29, 1.82) is 0 Å². The van der Waals surface area contributed by atoms with Crippen molar-refractivity contribution < 1.29 is 15.1 Å². The lowest BCUT2D eigenvalue weighted by atomic mass is 9.94. The molecule has 1 aromatic rings. The van der Waals surface area contributed by atoms with Gasteiger partial charge in [-0.1, -0.05) is 0 Å². The van der Waals surface area contributed by atoms with Crippen LogP contribution >= 0.6 is 0 Å². The van der Waals surface area contributed by atoms with Crippen molar-refractivity contribution in [3.8, 4) is 0 Å². The standard InChI is InChI=1S/C14H20N2O4/c17-7-5-11-2-1-6-15(9-11)13-3-4-14(16(19)20)12(8-13)10-18/h3-4,8,11,17-18H,1-2,5-7,9-10H2. The SMILES string of the molecule is O=[N+]([O-])c1ccc(N2CCCC(CCO)C2)cc1CO. The Labute approximate surface area is 117 Å². The summed E-state index contributed by atoms with van der Waals surface area (Å²) in [5.41, 5.74) is 1.21. The van der Waals surface area contributed by atoms with Gasteiger partial charge >= 0.3 is 0 Å². The van der Waals surface area contributed by atoms with Crippen LogP contribution in [-0.4, -0.2) is 34.8 Å². The molecule has 110 valence electrons. The Morgan fingerprint density at radius 2 is 2.20 bits per heavy atom. The van der Waals surface area contributed by atoms with E-state index in [0.717, 1.165) is 38.0 Å². The van der Waals surface area contributed by atoms with E-state index in [1.165, 1.54) is 6.07 Å². The number of nitrogens with zero attached hydrogens (tertiary/aromatic N) is 2. The summed E-state index contributed by atoms with van der Waals surface area (Å²) in [6.45, 7) is 1.62. The largest absolute Gasteiger partial charge is 0.396 e. The van der Waals surface area contributed by atoms with Crippen LogP contribution < -0.4 is 4.90 Å². The first-order chi connectivity index (χ1) is 9.65. The Balaban J connectivity index is 2.18. The molecule has 6 nitrogen and oxygen atoms in total. The molecule has 2 N–H and O–H groups in total. The van der Waals surface area contributed by atoms with Gasteiger partial charge in [0.1, 0.15) is 0 Å². The van der Waals surface area contributed by atoms with Gasteiger partial charge in [0.15, 0.2) is 0 Å². The number of piperidine rings is 1. The summed E-state index contributed by atoms with van der Waals surface area (Å²) in [6, 6.07) is 4.88. The highest BCUT2D eigenvalue weighted by atomic mass is 16.6. The fourth-order valence-electron chi connectivity index (χ4n) is 2.79. The van der Waals surface area contributed by atoms with Gasteiger partial charge in [0, 0.05) is 31.5 Å². The third-order valence-electron chi connectivity index (χ3n) is 3.85. The van der Waals surface area contributed by atoms with E-state index in [1.807, 2.05) is 0 Å². The molecule has 0 saturated carbocycles. The summed E-state index contributed by atoms with van der Waals surface area (Å²) >= 11 is 0. The first-order valence-electron chi connectivity index (χ1n) is 6.89. The summed E-state index contributed by atoms with van der Waals surface area (Å²) in [5.74, 6) is 0.460. The van der Waals surface area contributed by atoms with Gasteiger partial charge in [-0.3, -0.25) is 10.1 Å². The number of rotatable bonds is 5. The smallest absolute Gasteiger partial charge is 0.275 e. The van der Waals surface area contributed by atoms with E-state index >= 15 is 0 Å². The van der Waals surface area contributed by atoms with E-state index in [0.29, 0.717) is 11.5 Å². The quantitative estimate of drug-likeness (QED) is 0.633. The van der Waals surface area contributed by atoms with Gasteiger partial charge in [-0.25, -0.2) is 0 Å². The van der Waals surface area contributed by atoms with Crippen LogP contribution in [0.4, 0.5) is 11.4 Å². The van der Waals surface area contributed by atoms with Crippen molar-refractivity contribution in [2.24, 2.45) is 5.92 Å². The van der Waals surface area contributed by atoms with Gasteiger partial charge in [-0.2, -0.15) is 0 Å². The minimum absolute atomic E-state index is 0.0415. The zero-order valence-electron chi connectivity index (χ0n) is 11.4. The molecule has 1 aliphatic heterocycles. The zero-order chi connectivity index (χ0) is 14.5. The summed E-state index contributed by atoms with van der Waals surface area (Å²) in [6.07, 6.45) is 2.95. The summed E-state index contributed by atoms with van der Waals surface area (Å²) < 4.78 is 0. The van der Waals surface area contributed by atoms with Crippen LogP contribution in [0.25, 0.3) is 0 Å². The molecule has 0 bridgehead atoms. The lowest BCUT2D eigenvalue weighted by Crippen LogP contribution is -2.35. The fourth-order valence-corrected chi connectivity index (χ4v) is 2.79. The van der Waals surface area contributed by atoms with Gasteiger partial charge in [-0.15, -0.1) is 0 Å². The molecule has 6 heteroatoms. The Hall–Kier alpha value is -1.66. The highest BCUT2D eigenvalue weighted by molar-refractivity contribution is 5.55. The summed E-state index contributed by atoms with van der Waals surface area (Å²) in [7, 11) is 0. The molecular weight excluding hydrogens is 260 g/mol. The second-order valence-corrected chi connectivity index (χ2v) is 5.19. The van der Waals surface area contributed by atoms with Crippen LogP contribution in [0.15, 0.2) is 18.2 Å². The molecule has 1 aliphatic rings. The molecule has 1 heterocycles. The third kappa shape index (κ3) is 3.26. The minimum atomic E-state index is -0.472. The number of benzene rings is 1. The molecule has 0 radical (unpaired) electrons. The second-order valence-electron chi connectivity index (χ2n) is 5.19. The van der Waals surface area contributed by atoms with E-state index in [2.05, 4.69) is 4.90 Å². The average Bonchev–Trinajstić information content (AvgIpc) is 2.47. The van der Waals surface area contributed by atoms with Crippen LogP contribution in [0.5, 0.6) is 0 Å². The minimum Gasteiger partial charge on any atom is -0.396 e. The monoisotopic (exact) mass is 280 g/mol. The van der Waals surface area contributed by atoms with Crippen molar-refractivity contribution >= 4 is 11.4 Å². The highest BCUT2D eigenvalue weighted by Gasteiger charge is 2.21. The number of anilines is 1. The number of nitro benzene ring substituents is 1. The number of aliphatic hydroxyl groups is 2. The Morgan fingerprint density at radius 3 is 2.85 bits per heavy atom. The fraction of sp³-hybridized carbons (Fsp3) is 0.571. The van der Waals surface area contributed by atoms with Crippen molar-refractivity contribution in [2.45, 2.75) is 25.9 Å². The number of hydrogen-bond donors (Lipinski definition) is 2. The van der Waals surface area contributed by atoms with Crippen LogP contribution in [-0.2, 0) is 6.61 Å². The first-order valence-corrected chi connectivity index (χ1v) is 6.89. The first kappa shape index (κ1) is 14.7. The van der Waals surface area contributed by atoms with E-state index in [1.54, 1.807) is 12.1 Å². The van der Waals surface area contributed by atoms with Gasteiger partial charge < -0.3 is 15.1 Å². The highest BCUT2D eigenvalue weighted by Crippen LogP contribution is 2.29. The molecule has 0 spiro atoms. The Bertz CT molecular complexity index is 476. The number of nitro groups is 1. The van der Waals surface area contributed by atoms with Gasteiger partial charge in [-0.05, 0) is 37.3 Å². The molecule has 20 heavy (non-hydrogen) atoms. The molecule has 1 saturated heterocycles. The zero-order valence-corrected chi connectivity index (χ0v) is 11.4. The van der Waals surface area contributed by atoms with Gasteiger partial charge in [0.05, 0.1) is 17.1 Å². The Morgan fingerprint density at radius 1 is 1.40 bits per heavy atom. The Kier molecular flexibility index (Phi) is 4.92. The molecular formula is C14H20N2O4. The second kappa shape index (κ2) is 6.67. The van der Waals surface area contributed by atoms with Gasteiger partial charge in [0.25, 0.3) is 5.69 Å². The van der Waals surface area contributed by atoms with E-state index in [9.17, 15) is 15.2 Å². The molecule has 0 aliphatic carbocycles. The van der Waals surface area contributed by atoms with Crippen LogP contribution in [0, 0.1) is 16.0 Å². The molecule has 2 rings (SSSR count). The average molecular weight is 280 g/mol. The maximum atomic E-state index is 10.9. The summed E-state index contributed by atoms with van der Waals surface area (Å²) in [5, 5.41) is 29.2. The van der Waals surface area contributed by atoms with Gasteiger partial charge in [0.2, 0.25) is 0 Å². The molecule has 1 unspecified atom stereocenters. The molecule has 1 aromatic carbocycles. The van der Waals surface area contributed by atoms with Crippen molar-refractivity contribution in [3.05, 3.63) is 33.9 Å². The molecule has 0 amide bonds.